The first kappa shape index (κ1) is 13.0. The molecule has 3 aromatic rings. The van der Waals surface area contributed by atoms with E-state index in [0.717, 1.165) is 19.5 Å². The second-order valence-corrected chi connectivity index (χ2v) is 5.30. The molecule has 3 heteroatoms. The maximum Gasteiger partial charge on any atom is 0.0645 e. The van der Waals surface area contributed by atoms with Crippen molar-refractivity contribution in [2.75, 3.05) is 0 Å². The molecule has 0 fully saturated rings. The molecule has 0 saturated carbocycles. The van der Waals surface area contributed by atoms with Crippen molar-refractivity contribution >= 4 is 10.9 Å². The van der Waals surface area contributed by atoms with E-state index in [2.05, 4.69) is 71.6 Å². The predicted octanol–water partition coefficient (Wildman–Crippen LogP) is 3.78. The van der Waals surface area contributed by atoms with Crippen molar-refractivity contribution in [1.29, 1.82) is 0 Å². The monoisotopic (exact) mass is 267 g/mol. The summed E-state index contributed by atoms with van der Waals surface area (Å²) < 4.78 is 4.41. The van der Waals surface area contributed by atoms with Crippen molar-refractivity contribution < 1.29 is 0 Å². The highest BCUT2D eigenvalue weighted by molar-refractivity contribution is 5.80. The smallest absolute Gasteiger partial charge is 0.0645 e. The van der Waals surface area contributed by atoms with Crippen molar-refractivity contribution in [3.63, 3.8) is 0 Å². The standard InChI is InChI=1S/C17H21N3/c1-4-15-11-16(20(5-2)18-15)12-19-9-8-14-10-13(3)6-7-17(14)19/h6-11H,4-5,12H2,1-3H3. The maximum absolute atomic E-state index is 4.63. The van der Waals surface area contributed by atoms with E-state index >= 15 is 0 Å². The van der Waals surface area contributed by atoms with Crippen LogP contribution in [0.5, 0.6) is 0 Å². The van der Waals surface area contributed by atoms with Gasteiger partial charge in [-0.2, -0.15) is 5.10 Å². The lowest BCUT2D eigenvalue weighted by molar-refractivity contribution is 0.599. The van der Waals surface area contributed by atoms with Gasteiger partial charge in [0.05, 0.1) is 17.9 Å². The Morgan fingerprint density at radius 2 is 1.95 bits per heavy atom. The van der Waals surface area contributed by atoms with Gasteiger partial charge in [0.25, 0.3) is 0 Å². The van der Waals surface area contributed by atoms with Gasteiger partial charge in [-0.15, -0.1) is 0 Å². The molecule has 104 valence electrons. The van der Waals surface area contributed by atoms with E-state index in [1.807, 2.05) is 0 Å². The number of aryl methyl sites for hydroxylation is 3. The minimum Gasteiger partial charge on any atom is -0.341 e. The molecule has 0 unspecified atom stereocenters. The van der Waals surface area contributed by atoms with Crippen molar-refractivity contribution in [3.8, 4) is 0 Å². The lowest BCUT2D eigenvalue weighted by atomic mass is 10.2. The Balaban J connectivity index is 1.98. The van der Waals surface area contributed by atoms with Crippen molar-refractivity contribution in [2.45, 2.75) is 40.3 Å². The summed E-state index contributed by atoms with van der Waals surface area (Å²) in [5.74, 6) is 0. The Morgan fingerprint density at radius 1 is 1.10 bits per heavy atom. The zero-order valence-corrected chi connectivity index (χ0v) is 12.4. The molecule has 3 nitrogen and oxygen atoms in total. The fraction of sp³-hybridized carbons (Fsp3) is 0.353. The molecule has 0 aliphatic carbocycles. The zero-order valence-electron chi connectivity index (χ0n) is 12.4. The molecule has 0 aliphatic rings. The second-order valence-electron chi connectivity index (χ2n) is 5.30. The Morgan fingerprint density at radius 3 is 2.70 bits per heavy atom. The summed E-state index contributed by atoms with van der Waals surface area (Å²) in [5, 5.41) is 5.93. The first-order valence-corrected chi connectivity index (χ1v) is 7.32. The topological polar surface area (TPSA) is 22.8 Å². The molecule has 0 radical (unpaired) electrons. The van der Waals surface area contributed by atoms with Crippen LogP contribution in [-0.2, 0) is 19.5 Å². The first-order valence-electron chi connectivity index (χ1n) is 7.32. The Kier molecular flexibility index (Phi) is 3.35. The highest BCUT2D eigenvalue weighted by Crippen LogP contribution is 2.19. The molecule has 20 heavy (non-hydrogen) atoms. The molecule has 0 bridgehead atoms. The summed E-state index contributed by atoms with van der Waals surface area (Å²) in [5.41, 5.74) is 5.05. The van der Waals surface area contributed by atoms with Crippen molar-refractivity contribution in [3.05, 3.63) is 53.5 Å². The number of benzene rings is 1. The van der Waals surface area contributed by atoms with Crippen molar-refractivity contribution in [1.82, 2.24) is 14.3 Å². The van der Waals surface area contributed by atoms with Gasteiger partial charge >= 0.3 is 0 Å². The van der Waals surface area contributed by atoms with E-state index in [1.165, 1.54) is 27.9 Å². The Hall–Kier alpha value is -2.03. The Bertz CT molecular complexity index is 734. The van der Waals surface area contributed by atoms with Crippen LogP contribution < -0.4 is 0 Å². The second kappa shape index (κ2) is 5.16. The molecule has 0 saturated heterocycles. The normalized spacial score (nSPS) is 11.3. The predicted molar refractivity (Wildman–Crippen MR) is 83.1 cm³/mol. The molecule has 0 amide bonds. The van der Waals surface area contributed by atoms with Crippen LogP contribution in [0.2, 0.25) is 0 Å². The van der Waals surface area contributed by atoms with Crippen LogP contribution in [0.1, 0.15) is 30.8 Å². The summed E-state index contributed by atoms with van der Waals surface area (Å²) in [6, 6.07) is 11.0. The molecule has 0 N–H and O–H groups in total. The van der Waals surface area contributed by atoms with Crippen molar-refractivity contribution in [2.24, 2.45) is 0 Å². The minimum atomic E-state index is 0.882. The van der Waals surface area contributed by atoms with Gasteiger partial charge in [-0.1, -0.05) is 18.6 Å². The quantitative estimate of drug-likeness (QED) is 0.705. The van der Waals surface area contributed by atoms with Crippen LogP contribution >= 0.6 is 0 Å². The van der Waals surface area contributed by atoms with E-state index in [0.29, 0.717) is 0 Å². The van der Waals surface area contributed by atoms with Gasteiger partial charge in [0.1, 0.15) is 0 Å². The molecule has 2 aromatic heterocycles. The summed E-state index contributed by atoms with van der Waals surface area (Å²) in [4.78, 5) is 0. The fourth-order valence-electron chi connectivity index (χ4n) is 2.72. The number of aromatic nitrogens is 3. The largest absolute Gasteiger partial charge is 0.341 e. The maximum atomic E-state index is 4.63. The van der Waals surface area contributed by atoms with Crippen LogP contribution in [0.3, 0.4) is 0 Å². The number of hydrogen-bond acceptors (Lipinski definition) is 1. The van der Waals surface area contributed by atoms with Gasteiger partial charge in [-0.25, -0.2) is 0 Å². The lowest BCUT2D eigenvalue weighted by Crippen LogP contribution is -2.07. The SMILES string of the molecule is CCc1cc(Cn2ccc3cc(C)ccc32)n(CC)n1. The highest BCUT2D eigenvalue weighted by atomic mass is 15.3. The molecule has 0 aliphatic heterocycles. The Labute approximate surface area is 119 Å². The number of rotatable bonds is 4. The van der Waals surface area contributed by atoms with Gasteiger partial charge < -0.3 is 4.57 Å². The molecule has 0 atom stereocenters. The van der Waals surface area contributed by atoms with Crippen LogP contribution in [0.15, 0.2) is 36.5 Å². The molecule has 0 spiro atoms. The average Bonchev–Trinajstić information content (AvgIpc) is 3.03. The molecule has 3 rings (SSSR count). The lowest BCUT2D eigenvalue weighted by Gasteiger charge is -2.07. The third-order valence-corrected chi connectivity index (χ3v) is 3.83. The number of nitrogens with zero attached hydrogens (tertiary/aromatic N) is 3. The number of hydrogen-bond donors (Lipinski definition) is 0. The summed E-state index contributed by atoms with van der Waals surface area (Å²) >= 11 is 0. The molecule has 1 aromatic carbocycles. The zero-order chi connectivity index (χ0) is 14.1. The van der Waals surface area contributed by atoms with E-state index in [9.17, 15) is 0 Å². The van der Waals surface area contributed by atoms with Gasteiger partial charge in [-0.3, -0.25) is 4.68 Å². The van der Waals surface area contributed by atoms with Gasteiger partial charge in [0.2, 0.25) is 0 Å². The first-order chi connectivity index (χ1) is 9.71. The fourth-order valence-corrected chi connectivity index (χ4v) is 2.72. The van der Waals surface area contributed by atoms with E-state index in [4.69, 9.17) is 0 Å². The summed E-state index contributed by atoms with van der Waals surface area (Å²) in [6.45, 7) is 8.24. The van der Waals surface area contributed by atoms with E-state index < -0.39 is 0 Å². The van der Waals surface area contributed by atoms with E-state index in [-0.39, 0.29) is 0 Å². The average molecular weight is 267 g/mol. The third kappa shape index (κ3) is 2.24. The van der Waals surface area contributed by atoms with Crippen LogP contribution in [-0.4, -0.2) is 14.3 Å². The third-order valence-electron chi connectivity index (χ3n) is 3.83. The summed E-state index contributed by atoms with van der Waals surface area (Å²) in [6.07, 6.45) is 3.16. The van der Waals surface area contributed by atoms with Gasteiger partial charge in [0, 0.05) is 18.3 Å². The van der Waals surface area contributed by atoms with Crippen LogP contribution in [0, 0.1) is 6.92 Å². The van der Waals surface area contributed by atoms with Gasteiger partial charge in [-0.05, 0) is 49.9 Å². The van der Waals surface area contributed by atoms with E-state index in [1.54, 1.807) is 0 Å². The van der Waals surface area contributed by atoms with Crippen LogP contribution in [0.4, 0.5) is 0 Å². The molecular formula is C17H21N3. The molecular weight excluding hydrogens is 246 g/mol. The molecule has 2 heterocycles. The van der Waals surface area contributed by atoms with Crippen LogP contribution in [0.25, 0.3) is 10.9 Å². The minimum absolute atomic E-state index is 0.882. The highest BCUT2D eigenvalue weighted by Gasteiger charge is 2.08. The summed E-state index contributed by atoms with van der Waals surface area (Å²) in [7, 11) is 0. The van der Waals surface area contributed by atoms with Gasteiger partial charge in [0.15, 0.2) is 0 Å². The number of fused-ring (bicyclic) bond motifs is 1.